The highest BCUT2D eigenvalue weighted by atomic mass is 35.5. The van der Waals surface area contributed by atoms with E-state index in [0.29, 0.717) is 0 Å². The summed E-state index contributed by atoms with van der Waals surface area (Å²) in [4.78, 5) is 0. The lowest BCUT2D eigenvalue weighted by molar-refractivity contribution is 0.161. The van der Waals surface area contributed by atoms with Crippen LogP contribution in [-0.4, -0.2) is 7.11 Å². The summed E-state index contributed by atoms with van der Waals surface area (Å²) >= 11 is 6.21. The van der Waals surface area contributed by atoms with Crippen molar-refractivity contribution in [2.75, 3.05) is 7.11 Å². The van der Waals surface area contributed by atoms with E-state index in [0.717, 1.165) is 39.6 Å². The summed E-state index contributed by atoms with van der Waals surface area (Å²) in [6.45, 7) is 1.99. The van der Waals surface area contributed by atoms with Crippen molar-refractivity contribution in [2.24, 2.45) is 5.73 Å². The smallest absolute Gasteiger partial charge is 0.126 e. The third kappa shape index (κ3) is 2.71. The number of rotatable bonds is 2. The highest BCUT2D eigenvalue weighted by Crippen LogP contribution is 2.41. The molecule has 3 rings (SSSR count). The fourth-order valence-electron chi connectivity index (χ4n) is 2.62. The van der Waals surface area contributed by atoms with Crippen molar-refractivity contribution in [3.05, 3.63) is 58.1 Å². The first-order chi connectivity index (χ1) is 10.1. The van der Waals surface area contributed by atoms with Gasteiger partial charge in [0.05, 0.1) is 7.11 Å². The molecule has 2 N–H and O–H groups in total. The van der Waals surface area contributed by atoms with Crippen molar-refractivity contribution in [1.29, 1.82) is 0 Å². The van der Waals surface area contributed by atoms with Crippen LogP contribution in [0, 0.1) is 6.92 Å². The minimum Gasteiger partial charge on any atom is -0.497 e. The number of hydrogen-bond acceptors (Lipinski definition) is 3. The normalized spacial score (nSPS) is 20.6. The SMILES string of the molecule is COc1ccc2c(c1)[C@@H](N)CC(c1ccc(C)c(Cl)c1)O2. The van der Waals surface area contributed by atoms with Gasteiger partial charge in [0.2, 0.25) is 0 Å². The van der Waals surface area contributed by atoms with Gasteiger partial charge >= 0.3 is 0 Å². The molecule has 1 unspecified atom stereocenters. The topological polar surface area (TPSA) is 44.5 Å². The predicted molar refractivity (Wildman–Crippen MR) is 84.1 cm³/mol. The maximum absolute atomic E-state index is 6.30. The molecule has 3 nitrogen and oxygen atoms in total. The number of aryl methyl sites for hydroxylation is 1. The van der Waals surface area contributed by atoms with E-state index in [4.69, 9.17) is 26.8 Å². The first-order valence-corrected chi connectivity index (χ1v) is 7.32. The predicted octanol–water partition coefficient (Wildman–Crippen LogP) is 4.18. The summed E-state index contributed by atoms with van der Waals surface area (Å²) in [5, 5.41) is 0.755. The van der Waals surface area contributed by atoms with Crippen LogP contribution in [0.1, 0.15) is 35.3 Å². The molecule has 0 bridgehead atoms. The Morgan fingerprint density at radius 3 is 2.76 bits per heavy atom. The summed E-state index contributed by atoms with van der Waals surface area (Å²) < 4.78 is 11.3. The number of fused-ring (bicyclic) bond motifs is 1. The van der Waals surface area contributed by atoms with Gasteiger partial charge in [-0.05, 0) is 42.3 Å². The molecular formula is C17H18ClNO2. The molecule has 0 aromatic heterocycles. The van der Waals surface area contributed by atoms with Gasteiger partial charge in [0.1, 0.15) is 17.6 Å². The van der Waals surface area contributed by atoms with Crippen molar-refractivity contribution in [1.82, 2.24) is 0 Å². The van der Waals surface area contributed by atoms with Crippen molar-refractivity contribution >= 4 is 11.6 Å². The Hall–Kier alpha value is -1.71. The molecule has 110 valence electrons. The second kappa shape index (κ2) is 5.58. The average molecular weight is 304 g/mol. The lowest BCUT2D eigenvalue weighted by Crippen LogP contribution is -2.24. The number of ether oxygens (including phenoxy) is 2. The molecule has 21 heavy (non-hydrogen) atoms. The van der Waals surface area contributed by atoms with Crippen molar-refractivity contribution < 1.29 is 9.47 Å². The van der Waals surface area contributed by atoms with E-state index < -0.39 is 0 Å². The van der Waals surface area contributed by atoms with Gasteiger partial charge in [-0.3, -0.25) is 0 Å². The van der Waals surface area contributed by atoms with E-state index in [1.54, 1.807) is 7.11 Å². The standard InChI is InChI=1S/C17H18ClNO2/c1-10-3-4-11(7-14(10)18)17-9-15(19)13-8-12(20-2)5-6-16(13)21-17/h3-8,15,17H,9,19H2,1-2H3/t15-,17?/m0/s1. The van der Waals surface area contributed by atoms with Crippen LogP contribution in [0.3, 0.4) is 0 Å². The van der Waals surface area contributed by atoms with E-state index in [1.165, 1.54) is 0 Å². The number of hydrogen-bond donors (Lipinski definition) is 1. The molecule has 1 aliphatic heterocycles. The zero-order valence-corrected chi connectivity index (χ0v) is 12.9. The molecular weight excluding hydrogens is 286 g/mol. The fourth-order valence-corrected chi connectivity index (χ4v) is 2.81. The van der Waals surface area contributed by atoms with E-state index in [1.807, 2.05) is 43.3 Å². The molecule has 2 aromatic rings. The Labute approximate surface area is 129 Å². The molecule has 2 aromatic carbocycles. The largest absolute Gasteiger partial charge is 0.497 e. The number of nitrogens with two attached hydrogens (primary N) is 1. The second-order valence-electron chi connectivity index (χ2n) is 5.36. The molecule has 4 heteroatoms. The molecule has 0 spiro atoms. The average Bonchev–Trinajstić information content (AvgIpc) is 2.49. The molecule has 0 saturated heterocycles. The highest BCUT2D eigenvalue weighted by Gasteiger charge is 2.27. The second-order valence-corrected chi connectivity index (χ2v) is 5.77. The Bertz CT molecular complexity index is 672. The molecule has 1 aliphatic rings. The van der Waals surface area contributed by atoms with Crippen LogP contribution in [-0.2, 0) is 0 Å². The summed E-state index contributed by atoms with van der Waals surface area (Å²) in [6, 6.07) is 11.7. The fraction of sp³-hybridized carbons (Fsp3) is 0.294. The Morgan fingerprint density at radius 2 is 2.05 bits per heavy atom. The van der Waals surface area contributed by atoms with Crippen LogP contribution in [0.4, 0.5) is 0 Å². The molecule has 0 saturated carbocycles. The molecule has 0 radical (unpaired) electrons. The molecule has 0 amide bonds. The van der Waals surface area contributed by atoms with Crippen LogP contribution < -0.4 is 15.2 Å². The van der Waals surface area contributed by atoms with Crippen molar-refractivity contribution in [2.45, 2.75) is 25.5 Å². The van der Waals surface area contributed by atoms with Gasteiger partial charge < -0.3 is 15.2 Å². The van der Waals surface area contributed by atoms with Crippen molar-refractivity contribution in [3.63, 3.8) is 0 Å². The first kappa shape index (κ1) is 14.2. The van der Waals surface area contributed by atoms with Crippen LogP contribution in [0.15, 0.2) is 36.4 Å². The zero-order valence-electron chi connectivity index (χ0n) is 12.1. The number of halogens is 1. The van der Waals surface area contributed by atoms with Crippen LogP contribution in [0.25, 0.3) is 0 Å². The number of benzene rings is 2. The summed E-state index contributed by atoms with van der Waals surface area (Å²) in [7, 11) is 1.65. The Morgan fingerprint density at radius 1 is 1.24 bits per heavy atom. The van der Waals surface area contributed by atoms with Crippen molar-refractivity contribution in [3.8, 4) is 11.5 Å². The maximum atomic E-state index is 6.30. The van der Waals surface area contributed by atoms with Crippen LogP contribution >= 0.6 is 11.6 Å². The third-order valence-electron chi connectivity index (χ3n) is 3.92. The minimum atomic E-state index is -0.0751. The van der Waals surface area contributed by atoms with E-state index in [9.17, 15) is 0 Å². The summed E-state index contributed by atoms with van der Waals surface area (Å²) in [5.74, 6) is 1.61. The third-order valence-corrected chi connectivity index (χ3v) is 4.33. The van der Waals surface area contributed by atoms with Gasteiger partial charge in [-0.2, -0.15) is 0 Å². The minimum absolute atomic E-state index is 0.0704. The van der Waals surface area contributed by atoms with Gasteiger partial charge in [0, 0.05) is 23.0 Å². The highest BCUT2D eigenvalue weighted by molar-refractivity contribution is 6.31. The molecule has 0 fully saturated rings. The van der Waals surface area contributed by atoms with Gasteiger partial charge in [-0.15, -0.1) is 0 Å². The molecule has 0 aliphatic carbocycles. The summed E-state index contributed by atoms with van der Waals surface area (Å²) in [6.07, 6.45) is 0.651. The Kier molecular flexibility index (Phi) is 3.79. The molecule has 2 atom stereocenters. The van der Waals surface area contributed by atoms with Gasteiger partial charge in [0.15, 0.2) is 0 Å². The lowest BCUT2D eigenvalue weighted by atomic mass is 9.93. The van der Waals surface area contributed by atoms with Crippen LogP contribution in [0.5, 0.6) is 11.5 Å². The Balaban J connectivity index is 1.92. The first-order valence-electron chi connectivity index (χ1n) is 6.94. The van der Waals surface area contributed by atoms with Gasteiger partial charge in [-0.1, -0.05) is 23.7 Å². The van der Waals surface area contributed by atoms with E-state index in [2.05, 4.69) is 0 Å². The quantitative estimate of drug-likeness (QED) is 0.905. The van der Waals surface area contributed by atoms with E-state index in [-0.39, 0.29) is 12.1 Å². The zero-order chi connectivity index (χ0) is 15.0. The maximum Gasteiger partial charge on any atom is 0.126 e. The number of methoxy groups -OCH3 is 1. The van der Waals surface area contributed by atoms with Gasteiger partial charge in [0.25, 0.3) is 0 Å². The van der Waals surface area contributed by atoms with E-state index >= 15 is 0 Å². The van der Waals surface area contributed by atoms with Gasteiger partial charge in [-0.25, -0.2) is 0 Å². The monoisotopic (exact) mass is 303 g/mol. The lowest BCUT2D eigenvalue weighted by Gasteiger charge is -2.31. The summed E-state index contributed by atoms with van der Waals surface area (Å²) in [5.41, 5.74) is 9.41. The molecule has 1 heterocycles. The van der Waals surface area contributed by atoms with Crippen LogP contribution in [0.2, 0.25) is 5.02 Å².